The summed E-state index contributed by atoms with van der Waals surface area (Å²) in [6.07, 6.45) is 0.175. The predicted octanol–water partition coefficient (Wildman–Crippen LogP) is 3.42. The van der Waals surface area contributed by atoms with Crippen LogP contribution in [0.4, 0.5) is 10.1 Å². The van der Waals surface area contributed by atoms with Crippen LogP contribution in [0.3, 0.4) is 0 Å². The number of nitrogens with one attached hydrogen (secondary N) is 1. The van der Waals surface area contributed by atoms with Gasteiger partial charge < -0.3 is 10.1 Å². The fourth-order valence-electron chi connectivity index (χ4n) is 2.40. The zero-order valence-corrected chi connectivity index (χ0v) is 13.8. The number of benzene rings is 1. The number of hydrogen-bond acceptors (Lipinski definition) is 3. The minimum atomic E-state index is -0.229. The topological polar surface area (TPSA) is 24.5 Å². The molecular formula is C15H22BrFN2O. The van der Waals surface area contributed by atoms with Crippen LogP contribution in [0.25, 0.3) is 0 Å². The number of hydrogen-bond donors (Lipinski definition) is 1. The third-order valence-electron chi connectivity index (χ3n) is 3.69. The lowest BCUT2D eigenvalue weighted by molar-refractivity contribution is -0.0315. The maximum Gasteiger partial charge on any atom is 0.137 e. The van der Waals surface area contributed by atoms with Crippen LogP contribution >= 0.6 is 15.9 Å². The zero-order valence-electron chi connectivity index (χ0n) is 12.2. The molecule has 0 radical (unpaired) electrons. The summed E-state index contributed by atoms with van der Waals surface area (Å²) >= 11 is 3.22. The molecule has 1 heterocycles. The van der Waals surface area contributed by atoms with Crippen molar-refractivity contribution in [3.8, 4) is 0 Å². The summed E-state index contributed by atoms with van der Waals surface area (Å²) in [5.74, 6) is -0.229. The highest BCUT2D eigenvalue weighted by Gasteiger charge is 2.22. The Morgan fingerprint density at radius 3 is 2.95 bits per heavy atom. The highest BCUT2D eigenvalue weighted by atomic mass is 79.9. The molecule has 1 fully saturated rings. The number of aryl methyl sites for hydroxylation is 1. The monoisotopic (exact) mass is 344 g/mol. The van der Waals surface area contributed by atoms with Gasteiger partial charge in [0.15, 0.2) is 0 Å². The van der Waals surface area contributed by atoms with Crippen LogP contribution in [0.15, 0.2) is 16.6 Å². The molecule has 0 amide bonds. The first-order valence-corrected chi connectivity index (χ1v) is 7.82. The summed E-state index contributed by atoms with van der Waals surface area (Å²) in [6, 6.07) is 3.87. The number of nitrogens with zero attached hydrogens (tertiary/aromatic N) is 1. The van der Waals surface area contributed by atoms with Crippen molar-refractivity contribution < 1.29 is 9.13 Å². The van der Waals surface area contributed by atoms with Crippen LogP contribution in [0.5, 0.6) is 0 Å². The number of ether oxygens (including phenoxy) is 1. The standard InChI is InChI=1S/C15H22BrFN2O/c1-10(2)19-4-5-20-12(9-19)8-18-15-7-13(16)14(17)6-11(15)3/h6-7,10,12,18H,4-5,8-9H2,1-3H3. The van der Waals surface area contributed by atoms with Gasteiger partial charge >= 0.3 is 0 Å². The molecule has 1 aromatic rings. The maximum absolute atomic E-state index is 13.4. The number of morpholine rings is 1. The van der Waals surface area contributed by atoms with E-state index in [-0.39, 0.29) is 11.9 Å². The molecule has 5 heteroatoms. The van der Waals surface area contributed by atoms with E-state index < -0.39 is 0 Å². The molecule has 3 nitrogen and oxygen atoms in total. The molecule has 0 aromatic heterocycles. The van der Waals surface area contributed by atoms with Crippen LogP contribution in [-0.4, -0.2) is 43.3 Å². The van der Waals surface area contributed by atoms with Gasteiger partial charge in [0.05, 0.1) is 17.2 Å². The van der Waals surface area contributed by atoms with Gasteiger partial charge in [0, 0.05) is 31.4 Å². The summed E-state index contributed by atoms with van der Waals surface area (Å²) in [4.78, 5) is 2.42. The summed E-state index contributed by atoms with van der Waals surface area (Å²) in [5, 5.41) is 3.36. The molecule has 112 valence electrons. The summed E-state index contributed by atoms with van der Waals surface area (Å²) < 4.78 is 19.7. The van der Waals surface area contributed by atoms with Gasteiger partial charge in [-0.05, 0) is 54.4 Å². The molecule has 1 aromatic carbocycles. The first-order valence-electron chi connectivity index (χ1n) is 7.02. The van der Waals surface area contributed by atoms with E-state index in [0.717, 1.165) is 37.5 Å². The SMILES string of the molecule is Cc1cc(F)c(Br)cc1NCC1CN(C(C)C)CCO1. The summed E-state index contributed by atoms with van der Waals surface area (Å²) in [5.41, 5.74) is 1.85. The van der Waals surface area contributed by atoms with Gasteiger partial charge in [-0.25, -0.2) is 4.39 Å². The highest BCUT2D eigenvalue weighted by molar-refractivity contribution is 9.10. The molecule has 1 aliphatic heterocycles. The second-order valence-electron chi connectivity index (χ2n) is 5.54. The van der Waals surface area contributed by atoms with Crippen molar-refractivity contribution in [1.29, 1.82) is 0 Å². The van der Waals surface area contributed by atoms with E-state index in [1.165, 1.54) is 6.07 Å². The van der Waals surface area contributed by atoms with Gasteiger partial charge in [0.1, 0.15) is 5.82 Å². The fraction of sp³-hybridized carbons (Fsp3) is 0.600. The highest BCUT2D eigenvalue weighted by Crippen LogP contribution is 2.24. The van der Waals surface area contributed by atoms with Crippen LogP contribution in [0, 0.1) is 12.7 Å². The van der Waals surface area contributed by atoms with Crippen LogP contribution in [0.2, 0.25) is 0 Å². The maximum atomic E-state index is 13.4. The lowest BCUT2D eigenvalue weighted by atomic mass is 10.1. The average Bonchev–Trinajstić information content (AvgIpc) is 2.41. The fourth-order valence-corrected chi connectivity index (χ4v) is 2.74. The average molecular weight is 345 g/mol. The van der Waals surface area contributed by atoms with Crippen molar-refractivity contribution in [2.75, 3.05) is 31.6 Å². The third kappa shape index (κ3) is 3.93. The summed E-state index contributed by atoms with van der Waals surface area (Å²) in [6.45, 7) is 9.76. The Morgan fingerprint density at radius 1 is 1.50 bits per heavy atom. The lowest BCUT2D eigenvalue weighted by Crippen LogP contribution is -2.48. The van der Waals surface area contributed by atoms with Crippen molar-refractivity contribution in [1.82, 2.24) is 4.90 Å². The van der Waals surface area contributed by atoms with Crippen LogP contribution in [-0.2, 0) is 4.74 Å². The molecular weight excluding hydrogens is 323 g/mol. The van der Waals surface area contributed by atoms with Gasteiger partial charge in [-0.3, -0.25) is 4.90 Å². The Kier molecular flexibility index (Phi) is 5.41. The lowest BCUT2D eigenvalue weighted by Gasteiger charge is -2.35. The molecule has 1 atom stereocenters. The smallest absolute Gasteiger partial charge is 0.137 e. The van der Waals surface area contributed by atoms with E-state index in [0.29, 0.717) is 10.5 Å². The first kappa shape index (κ1) is 15.7. The molecule has 1 saturated heterocycles. The minimum Gasteiger partial charge on any atom is -0.382 e. The van der Waals surface area contributed by atoms with E-state index in [4.69, 9.17) is 4.74 Å². The minimum absolute atomic E-state index is 0.175. The second kappa shape index (κ2) is 6.87. The third-order valence-corrected chi connectivity index (χ3v) is 4.30. The number of anilines is 1. The Balaban J connectivity index is 1.93. The molecule has 0 aliphatic carbocycles. The van der Waals surface area contributed by atoms with Crippen molar-refractivity contribution in [2.45, 2.75) is 32.9 Å². The van der Waals surface area contributed by atoms with E-state index in [1.807, 2.05) is 6.92 Å². The molecule has 0 saturated carbocycles. The molecule has 0 bridgehead atoms. The molecule has 1 unspecified atom stereocenters. The van der Waals surface area contributed by atoms with Crippen LogP contribution in [0.1, 0.15) is 19.4 Å². The van der Waals surface area contributed by atoms with E-state index in [1.54, 1.807) is 6.07 Å². The number of rotatable bonds is 4. The Bertz CT molecular complexity index is 467. The van der Waals surface area contributed by atoms with E-state index >= 15 is 0 Å². The van der Waals surface area contributed by atoms with E-state index in [9.17, 15) is 4.39 Å². The van der Waals surface area contributed by atoms with E-state index in [2.05, 4.69) is 40.0 Å². The Morgan fingerprint density at radius 2 is 2.25 bits per heavy atom. The van der Waals surface area contributed by atoms with Gasteiger partial charge in [0.2, 0.25) is 0 Å². The largest absolute Gasteiger partial charge is 0.382 e. The zero-order chi connectivity index (χ0) is 14.7. The molecule has 1 aliphatic rings. The summed E-state index contributed by atoms with van der Waals surface area (Å²) in [7, 11) is 0. The van der Waals surface area contributed by atoms with Crippen molar-refractivity contribution in [3.63, 3.8) is 0 Å². The number of halogens is 2. The molecule has 2 rings (SSSR count). The molecule has 20 heavy (non-hydrogen) atoms. The first-order chi connectivity index (χ1) is 9.47. The molecule has 0 spiro atoms. The quantitative estimate of drug-likeness (QED) is 0.905. The second-order valence-corrected chi connectivity index (χ2v) is 6.40. The van der Waals surface area contributed by atoms with Crippen molar-refractivity contribution in [3.05, 3.63) is 28.0 Å². The van der Waals surface area contributed by atoms with Gasteiger partial charge in [-0.1, -0.05) is 0 Å². The van der Waals surface area contributed by atoms with Gasteiger partial charge in [0.25, 0.3) is 0 Å². The normalized spacial score (nSPS) is 20.4. The Labute approximate surface area is 128 Å². The van der Waals surface area contributed by atoms with Crippen molar-refractivity contribution >= 4 is 21.6 Å². The van der Waals surface area contributed by atoms with Crippen molar-refractivity contribution in [2.24, 2.45) is 0 Å². The predicted molar refractivity (Wildman–Crippen MR) is 83.8 cm³/mol. The van der Waals surface area contributed by atoms with Gasteiger partial charge in [-0.2, -0.15) is 0 Å². The van der Waals surface area contributed by atoms with Gasteiger partial charge in [-0.15, -0.1) is 0 Å². The Hall–Kier alpha value is -0.650. The van der Waals surface area contributed by atoms with Crippen LogP contribution < -0.4 is 5.32 Å². The molecule has 1 N–H and O–H groups in total.